The molecule has 4 aromatic rings. The Bertz CT molecular complexity index is 1230. The summed E-state index contributed by atoms with van der Waals surface area (Å²) in [6.45, 7) is 1.82. The summed E-state index contributed by atoms with van der Waals surface area (Å²) in [5.74, 6) is -0.737. The van der Waals surface area contributed by atoms with Gasteiger partial charge in [0.15, 0.2) is 5.65 Å². The Labute approximate surface area is 171 Å². The van der Waals surface area contributed by atoms with Gasteiger partial charge in [-0.05, 0) is 48.4 Å². The smallest absolute Gasteiger partial charge is 0.161 e. The van der Waals surface area contributed by atoms with Gasteiger partial charge in [0, 0.05) is 16.0 Å². The highest BCUT2D eigenvalue weighted by Crippen LogP contribution is 2.32. The second kappa shape index (κ2) is 7.98. The molecule has 0 aliphatic heterocycles. The number of benzene rings is 2. The number of hydrogen-bond donors (Lipinski definition) is 0. The molecule has 0 atom stereocenters. The number of nitrogens with zero attached hydrogens (tertiary/aromatic N) is 3. The molecule has 29 heavy (non-hydrogen) atoms. The Morgan fingerprint density at radius 2 is 1.69 bits per heavy atom. The maximum Gasteiger partial charge on any atom is 0.161 e. The average molecular weight is 403 g/mol. The first-order chi connectivity index (χ1) is 14.0. The molecule has 0 spiro atoms. The molecule has 0 amide bonds. The number of aryl methyl sites for hydroxylation is 1. The van der Waals surface area contributed by atoms with E-state index >= 15 is 0 Å². The molecule has 0 N–H and O–H groups in total. The minimum Gasteiger partial charge on any atom is -0.228 e. The van der Waals surface area contributed by atoms with E-state index in [1.54, 1.807) is 18.2 Å². The zero-order valence-corrected chi connectivity index (χ0v) is 16.3. The van der Waals surface area contributed by atoms with E-state index in [0.717, 1.165) is 16.5 Å². The van der Waals surface area contributed by atoms with Crippen LogP contribution in [-0.4, -0.2) is 9.97 Å². The molecule has 2 heterocycles. The Balaban J connectivity index is 1.71. The third-order valence-corrected chi connectivity index (χ3v) is 5.56. The summed E-state index contributed by atoms with van der Waals surface area (Å²) in [6.07, 6.45) is 0. The van der Waals surface area contributed by atoms with Crippen molar-refractivity contribution in [2.24, 2.45) is 0 Å². The number of thioether (sulfide) groups is 1. The molecule has 0 unspecified atom stereocenters. The summed E-state index contributed by atoms with van der Waals surface area (Å²) in [5.41, 5.74) is 2.32. The molecule has 0 radical (unpaired) electrons. The number of rotatable bonds is 4. The number of halogens is 2. The van der Waals surface area contributed by atoms with E-state index in [-0.39, 0.29) is 17.0 Å². The predicted molar refractivity (Wildman–Crippen MR) is 110 cm³/mol. The third kappa shape index (κ3) is 3.96. The lowest BCUT2D eigenvalue weighted by molar-refractivity contribution is 0.583. The molecule has 0 aliphatic rings. The van der Waals surface area contributed by atoms with Gasteiger partial charge in [0.25, 0.3) is 0 Å². The maximum atomic E-state index is 14.8. The van der Waals surface area contributed by atoms with E-state index in [1.807, 2.05) is 43.3 Å². The van der Waals surface area contributed by atoms with Crippen LogP contribution in [-0.2, 0) is 5.75 Å². The SMILES string of the molecule is Cc1cc(-c2c(F)cc(SCc3ccccc3)cc2F)nc2nc(C#N)ccc12. The minimum absolute atomic E-state index is 0.159. The second-order valence-corrected chi connectivity index (χ2v) is 7.59. The Morgan fingerprint density at radius 3 is 2.38 bits per heavy atom. The highest BCUT2D eigenvalue weighted by atomic mass is 32.2. The first-order valence-corrected chi connectivity index (χ1v) is 9.88. The van der Waals surface area contributed by atoms with Gasteiger partial charge >= 0.3 is 0 Å². The van der Waals surface area contributed by atoms with E-state index in [9.17, 15) is 8.78 Å². The molecular weight excluding hydrogens is 388 g/mol. The molecular formula is C23H15F2N3S. The summed E-state index contributed by atoms with van der Waals surface area (Å²) in [4.78, 5) is 8.98. The molecule has 0 fully saturated rings. The topological polar surface area (TPSA) is 49.6 Å². The van der Waals surface area contributed by atoms with Gasteiger partial charge in [-0.15, -0.1) is 11.8 Å². The summed E-state index contributed by atoms with van der Waals surface area (Å²) in [6, 6.07) is 19.3. The maximum absolute atomic E-state index is 14.8. The molecule has 2 aromatic carbocycles. The number of nitriles is 1. The molecule has 142 valence electrons. The van der Waals surface area contributed by atoms with Crippen LogP contribution >= 0.6 is 11.8 Å². The zero-order chi connectivity index (χ0) is 20.4. The summed E-state index contributed by atoms with van der Waals surface area (Å²) < 4.78 is 29.7. The van der Waals surface area contributed by atoms with Gasteiger partial charge < -0.3 is 0 Å². The largest absolute Gasteiger partial charge is 0.228 e. The highest BCUT2D eigenvalue weighted by Gasteiger charge is 2.17. The van der Waals surface area contributed by atoms with Crippen LogP contribution in [0.25, 0.3) is 22.3 Å². The Kier molecular flexibility index (Phi) is 5.24. The van der Waals surface area contributed by atoms with Crippen LogP contribution in [0.1, 0.15) is 16.8 Å². The van der Waals surface area contributed by atoms with Gasteiger partial charge in [-0.1, -0.05) is 30.3 Å². The van der Waals surface area contributed by atoms with Crippen molar-refractivity contribution in [1.29, 1.82) is 5.26 Å². The summed E-state index contributed by atoms with van der Waals surface area (Å²) in [5, 5.41) is 9.78. The fourth-order valence-electron chi connectivity index (χ4n) is 3.08. The zero-order valence-electron chi connectivity index (χ0n) is 15.5. The average Bonchev–Trinajstić information content (AvgIpc) is 2.72. The number of aromatic nitrogens is 2. The second-order valence-electron chi connectivity index (χ2n) is 6.54. The van der Waals surface area contributed by atoms with Crippen LogP contribution in [0.4, 0.5) is 8.78 Å². The van der Waals surface area contributed by atoms with Crippen molar-refractivity contribution in [2.45, 2.75) is 17.6 Å². The number of hydrogen-bond acceptors (Lipinski definition) is 4. The Hall–Kier alpha value is -3.30. The number of pyridine rings is 2. The van der Waals surface area contributed by atoms with Crippen molar-refractivity contribution < 1.29 is 8.78 Å². The van der Waals surface area contributed by atoms with Gasteiger partial charge in [0.05, 0.1) is 11.3 Å². The molecule has 0 saturated carbocycles. The van der Waals surface area contributed by atoms with Crippen LogP contribution in [0.2, 0.25) is 0 Å². The quantitative estimate of drug-likeness (QED) is 0.389. The van der Waals surface area contributed by atoms with Gasteiger partial charge in [-0.25, -0.2) is 18.7 Å². The first-order valence-electron chi connectivity index (χ1n) is 8.90. The molecule has 0 bridgehead atoms. The lowest BCUT2D eigenvalue weighted by atomic mass is 10.1. The van der Waals surface area contributed by atoms with Gasteiger partial charge in [0.1, 0.15) is 23.4 Å². The molecule has 6 heteroatoms. The molecule has 4 rings (SSSR count). The molecule has 0 aliphatic carbocycles. The summed E-state index contributed by atoms with van der Waals surface area (Å²) in [7, 11) is 0. The fraction of sp³-hybridized carbons (Fsp3) is 0.0870. The standard InChI is InChI=1S/C23H15F2N3S/c1-14-9-21(28-23-18(14)8-7-16(12-26)27-23)22-19(24)10-17(11-20(22)25)29-13-15-5-3-2-4-6-15/h2-11H,13H2,1H3. The first kappa shape index (κ1) is 19.0. The van der Waals surface area contributed by atoms with E-state index < -0.39 is 11.6 Å². The molecule has 0 saturated heterocycles. The fourth-order valence-corrected chi connectivity index (χ4v) is 3.98. The van der Waals surface area contributed by atoms with Crippen molar-refractivity contribution in [2.75, 3.05) is 0 Å². The lowest BCUT2D eigenvalue weighted by Crippen LogP contribution is -1.98. The monoisotopic (exact) mass is 403 g/mol. The van der Waals surface area contributed by atoms with Gasteiger partial charge in [-0.3, -0.25) is 0 Å². The third-order valence-electron chi connectivity index (χ3n) is 4.51. The van der Waals surface area contributed by atoms with Crippen LogP contribution in [0.3, 0.4) is 0 Å². The molecule has 2 aromatic heterocycles. The number of fused-ring (bicyclic) bond motifs is 1. The van der Waals surface area contributed by atoms with Gasteiger partial charge in [-0.2, -0.15) is 5.26 Å². The van der Waals surface area contributed by atoms with Gasteiger partial charge in [0.2, 0.25) is 0 Å². The predicted octanol–water partition coefficient (Wildman–Crippen LogP) is 6.05. The van der Waals surface area contributed by atoms with Crippen LogP contribution in [0, 0.1) is 29.9 Å². The van der Waals surface area contributed by atoms with Crippen molar-refractivity contribution in [3.05, 3.63) is 89.1 Å². The normalized spacial score (nSPS) is 10.8. The van der Waals surface area contributed by atoms with Crippen LogP contribution < -0.4 is 0 Å². The van der Waals surface area contributed by atoms with Crippen molar-refractivity contribution >= 4 is 22.8 Å². The highest BCUT2D eigenvalue weighted by molar-refractivity contribution is 7.98. The minimum atomic E-state index is -0.678. The van der Waals surface area contributed by atoms with Crippen LogP contribution in [0.15, 0.2) is 65.6 Å². The lowest BCUT2D eigenvalue weighted by Gasteiger charge is -2.10. The van der Waals surface area contributed by atoms with E-state index in [4.69, 9.17) is 5.26 Å². The van der Waals surface area contributed by atoms with Crippen molar-refractivity contribution in [3.63, 3.8) is 0 Å². The summed E-state index contributed by atoms with van der Waals surface area (Å²) >= 11 is 1.37. The van der Waals surface area contributed by atoms with Crippen molar-refractivity contribution in [1.82, 2.24) is 9.97 Å². The van der Waals surface area contributed by atoms with Crippen molar-refractivity contribution in [3.8, 4) is 17.3 Å². The molecule has 3 nitrogen and oxygen atoms in total. The Morgan fingerprint density at radius 1 is 0.966 bits per heavy atom. The van der Waals surface area contributed by atoms with E-state index in [0.29, 0.717) is 16.3 Å². The van der Waals surface area contributed by atoms with E-state index in [1.165, 1.54) is 23.9 Å². The van der Waals surface area contributed by atoms with Crippen LogP contribution in [0.5, 0.6) is 0 Å². The van der Waals surface area contributed by atoms with E-state index in [2.05, 4.69) is 9.97 Å².